The fourth-order valence-corrected chi connectivity index (χ4v) is 3.68. The maximum atomic E-state index is 12.9. The quantitative estimate of drug-likeness (QED) is 0.331. The first kappa shape index (κ1) is 20.4. The number of rotatable bonds is 9. The number of nitro groups is 1. The van der Waals surface area contributed by atoms with Crippen molar-refractivity contribution in [2.24, 2.45) is 0 Å². The molecule has 1 N–H and O–H groups in total. The highest BCUT2D eigenvalue weighted by atomic mass is 32.1. The van der Waals surface area contributed by atoms with Crippen LogP contribution in [-0.2, 0) is 11.3 Å². The van der Waals surface area contributed by atoms with Crippen LogP contribution in [0.5, 0.6) is 0 Å². The van der Waals surface area contributed by atoms with Gasteiger partial charge in [-0.1, -0.05) is 6.08 Å². The summed E-state index contributed by atoms with van der Waals surface area (Å²) in [7, 11) is 1.93. The molecule has 2 aromatic heterocycles. The lowest BCUT2D eigenvalue weighted by Crippen LogP contribution is -3.08. The Balaban J connectivity index is 1.72. The molecule has 1 amide bonds. The smallest absolute Gasteiger partial charge is 0.284 e. The molecule has 9 heteroatoms. The Morgan fingerprint density at radius 3 is 2.76 bits per heavy atom. The molecule has 3 aromatic rings. The summed E-state index contributed by atoms with van der Waals surface area (Å²) < 4.78 is 5.34. The van der Waals surface area contributed by atoms with Crippen LogP contribution in [0.1, 0.15) is 5.76 Å². The van der Waals surface area contributed by atoms with E-state index in [1.54, 1.807) is 29.4 Å². The highest BCUT2D eigenvalue weighted by molar-refractivity contribution is 7.14. The minimum absolute atomic E-state index is 0.0234. The van der Waals surface area contributed by atoms with Gasteiger partial charge in [-0.2, -0.15) is 0 Å². The van der Waals surface area contributed by atoms with Gasteiger partial charge in [0.15, 0.2) is 17.4 Å². The first-order valence-corrected chi connectivity index (χ1v) is 9.81. The van der Waals surface area contributed by atoms with E-state index < -0.39 is 4.92 Å². The van der Waals surface area contributed by atoms with Crippen molar-refractivity contribution >= 4 is 28.1 Å². The zero-order chi connectivity index (χ0) is 20.8. The third-order valence-electron chi connectivity index (χ3n) is 4.22. The molecule has 0 saturated carbocycles. The van der Waals surface area contributed by atoms with Gasteiger partial charge < -0.3 is 9.32 Å². The van der Waals surface area contributed by atoms with E-state index in [-0.39, 0.29) is 18.1 Å². The van der Waals surface area contributed by atoms with E-state index in [0.717, 1.165) is 16.2 Å². The van der Waals surface area contributed by atoms with Crippen LogP contribution in [0.4, 0.5) is 10.8 Å². The maximum absolute atomic E-state index is 12.9. The van der Waals surface area contributed by atoms with Gasteiger partial charge in [0, 0.05) is 29.6 Å². The summed E-state index contributed by atoms with van der Waals surface area (Å²) in [6, 6.07) is 9.88. The number of amides is 1. The maximum Gasteiger partial charge on any atom is 0.284 e. The number of nitrogens with one attached hydrogen (secondary N) is 1. The van der Waals surface area contributed by atoms with Crippen LogP contribution in [0.2, 0.25) is 0 Å². The Morgan fingerprint density at radius 1 is 1.38 bits per heavy atom. The molecule has 1 aromatic carbocycles. The van der Waals surface area contributed by atoms with Crippen molar-refractivity contribution in [3.63, 3.8) is 0 Å². The fourth-order valence-electron chi connectivity index (χ4n) is 2.82. The molecule has 0 saturated heterocycles. The average molecular weight is 413 g/mol. The third kappa shape index (κ3) is 5.15. The normalized spacial score (nSPS) is 11.8. The number of carbonyl (C=O) groups excluding carboxylic acids is 1. The van der Waals surface area contributed by atoms with E-state index in [0.29, 0.717) is 23.9 Å². The van der Waals surface area contributed by atoms with Crippen molar-refractivity contribution in [3.05, 3.63) is 76.6 Å². The average Bonchev–Trinajstić information content (AvgIpc) is 3.38. The van der Waals surface area contributed by atoms with E-state index in [1.807, 2.05) is 24.6 Å². The number of likely N-dealkylation sites (N-methyl/N-ethyl adjacent to an activating group) is 1. The second-order valence-corrected chi connectivity index (χ2v) is 7.34. The van der Waals surface area contributed by atoms with Gasteiger partial charge in [-0.3, -0.25) is 19.8 Å². The number of aromatic nitrogens is 1. The van der Waals surface area contributed by atoms with E-state index in [2.05, 4.69) is 11.6 Å². The second-order valence-electron chi connectivity index (χ2n) is 6.50. The lowest BCUT2D eigenvalue weighted by atomic mass is 10.1. The van der Waals surface area contributed by atoms with Gasteiger partial charge in [0.25, 0.3) is 11.6 Å². The number of quaternary nitrogens is 1. The monoisotopic (exact) mass is 413 g/mol. The Kier molecular flexibility index (Phi) is 6.53. The minimum atomic E-state index is -0.442. The molecular weight excluding hydrogens is 392 g/mol. The van der Waals surface area contributed by atoms with Crippen molar-refractivity contribution in [1.29, 1.82) is 0 Å². The van der Waals surface area contributed by atoms with Crippen LogP contribution in [0.15, 0.2) is 65.1 Å². The number of nitrogens with zero attached hydrogens (tertiary/aromatic N) is 3. The number of anilines is 1. The van der Waals surface area contributed by atoms with Gasteiger partial charge in [-0.15, -0.1) is 17.9 Å². The molecular formula is C20H21N4O4S+. The Labute approximate surface area is 171 Å². The number of hydrogen-bond donors (Lipinski definition) is 1. The Bertz CT molecular complexity index is 982. The van der Waals surface area contributed by atoms with Crippen LogP contribution in [0.3, 0.4) is 0 Å². The second kappa shape index (κ2) is 9.26. The van der Waals surface area contributed by atoms with Gasteiger partial charge in [0.2, 0.25) is 0 Å². The molecule has 1 unspecified atom stereocenters. The molecule has 0 aliphatic heterocycles. The van der Waals surface area contributed by atoms with Crippen molar-refractivity contribution in [2.75, 3.05) is 25.0 Å². The Hall–Kier alpha value is -3.30. The largest absolute Gasteiger partial charge is 0.463 e. The van der Waals surface area contributed by atoms with Crippen molar-refractivity contribution in [1.82, 2.24) is 4.98 Å². The van der Waals surface area contributed by atoms with Crippen LogP contribution in [-0.4, -0.2) is 36.0 Å². The molecule has 0 aliphatic carbocycles. The molecule has 0 radical (unpaired) electrons. The zero-order valence-corrected chi connectivity index (χ0v) is 16.7. The van der Waals surface area contributed by atoms with Gasteiger partial charge in [0.1, 0.15) is 6.54 Å². The number of furan rings is 1. The van der Waals surface area contributed by atoms with Crippen LogP contribution < -0.4 is 9.80 Å². The van der Waals surface area contributed by atoms with Crippen LogP contribution in [0.25, 0.3) is 11.3 Å². The summed E-state index contributed by atoms with van der Waals surface area (Å²) in [5.41, 5.74) is 1.44. The molecule has 8 nitrogen and oxygen atoms in total. The number of benzene rings is 1. The number of nitro benzene ring substituents is 1. The SMILES string of the molecule is C=CCN(C(=O)C[NH+](C)Cc1ccco1)c1nc(-c2ccc([N+](=O)[O-])cc2)cs1. The third-order valence-corrected chi connectivity index (χ3v) is 5.08. The van der Waals surface area contributed by atoms with E-state index in [9.17, 15) is 14.9 Å². The predicted octanol–water partition coefficient (Wildman–Crippen LogP) is 2.55. The van der Waals surface area contributed by atoms with Crippen molar-refractivity contribution in [3.8, 4) is 11.3 Å². The first-order chi connectivity index (χ1) is 14.0. The molecule has 29 heavy (non-hydrogen) atoms. The lowest BCUT2D eigenvalue weighted by molar-refractivity contribution is -0.886. The van der Waals surface area contributed by atoms with Gasteiger partial charge in [-0.05, 0) is 24.3 Å². The van der Waals surface area contributed by atoms with Crippen LogP contribution >= 0.6 is 11.3 Å². The standard InChI is InChI=1S/C20H20N4O4S/c1-3-10-23(19(25)13-22(2)12-17-5-4-11-28-17)20-21-18(14-29-20)15-6-8-16(9-7-15)24(26)27/h3-9,11,14H,1,10,12-13H2,2H3/p+1. The predicted molar refractivity (Wildman–Crippen MR) is 111 cm³/mol. The highest BCUT2D eigenvalue weighted by Gasteiger charge is 2.22. The zero-order valence-electron chi connectivity index (χ0n) is 15.9. The minimum Gasteiger partial charge on any atom is -0.463 e. The number of carbonyl (C=O) groups is 1. The summed E-state index contributed by atoms with van der Waals surface area (Å²) in [5, 5.41) is 13.2. The van der Waals surface area contributed by atoms with Crippen molar-refractivity contribution < 1.29 is 19.0 Å². The summed E-state index contributed by atoms with van der Waals surface area (Å²) >= 11 is 1.35. The molecule has 0 spiro atoms. The van der Waals surface area contributed by atoms with E-state index >= 15 is 0 Å². The molecule has 1 atom stereocenters. The number of hydrogen-bond acceptors (Lipinski definition) is 6. The Morgan fingerprint density at radius 2 is 2.14 bits per heavy atom. The van der Waals surface area contributed by atoms with E-state index in [1.165, 1.54) is 23.5 Å². The summed E-state index contributed by atoms with van der Waals surface area (Å²) in [6.45, 7) is 4.97. The van der Waals surface area contributed by atoms with Gasteiger partial charge >= 0.3 is 0 Å². The number of non-ortho nitro benzene ring substituents is 1. The highest BCUT2D eigenvalue weighted by Crippen LogP contribution is 2.28. The molecule has 0 bridgehead atoms. The van der Waals surface area contributed by atoms with Crippen molar-refractivity contribution in [2.45, 2.75) is 6.54 Å². The molecule has 0 aliphatic rings. The van der Waals surface area contributed by atoms with Crippen LogP contribution in [0, 0.1) is 10.1 Å². The molecule has 0 fully saturated rings. The summed E-state index contributed by atoms with van der Waals surface area (Å²) in [4.78, 5) is 30.4. The fraction of sp³-hybridized carbons (Fsp3) is 0.200. The van der Waals surface area contributed by atoms with E-state index in [4.69, 9.17) is 4.42 Å². The summed E-state index contributed by atoms with van der Waals surface area (Å²) in [6.07, 6.45) is 3.27. The molecule has 3 rings (SSSR count). The lowest BCUT2D eigenvalue weighted by Gasteiger charge is -2.20. The van der Waals surface area contributed by atoms with Gasteiger partial charge in [0.05, 0.1) is 23.9 Å². The first-order valence-electron chi connectivity index (χ1n) is 8.93. The van der Waals surface area contributed by atoms with Gasteiger partial charge in [-0.25, -0.2) is 4.98 Å². The molecule has 2 heterocycles. The summed E-state index contributed by atoms with van der Waals surface area (Å²) in [5.74, 6) is 0.749. The molecule has 150 valence electrons. The topological polar surface area (TPSA) is 93.9 Å². The number of thiazole rings is 1.